The fourth-order valence-corrected chi connectivity index (χ4v) is 3.73. The van der Waals surface area contributed by atoms with Crippen LogP contribution in [0.2, 0.25) is 0 Å². The van der Waals surface area contributed by atoms with Gasteiger partial charge in [-0.15, -0.1) is 0 Å². The summed E-state index contributed by atoms with van der Waals surface area (Å²) in [7, 11) is 0. The van der Waals surface area contributed by atoms with Gasteiger partial charge in [-0.25, -0.2) is 4.79 Å². The van der Waals surface area contributed by atoms with Crippen LogP contribution in [-0.2, 0) is 0 Å². The molecule has 0 atom stereocenters. The zero-order valence-electron chi connectivity index (χ0n) is 13.9. The van der Waals surface area contributed by atoms with E-state index < -0.39 is 5.54 Å². The summed E-state index contributed by atoms with van der Waals surface area (Å²) in [5.41, 5.74) is 2.69. The molecule has 1 saturated carbocycles. The Balaban J connectivity index is 1.64. The molecule has 0 spiro atoms. The Morgan fingerprint density at radius 3 is 2.52 bits per heavy atom. The van der Waals surface area contributed by atoms with Crippen molar-refractivity contribution in [2.24, 2.45) is 0 Å². The Hall–Kier alpha value is -1.75. The first-order valence-corrected chi connectivity index (χ1v) is 8.68. The molecule has 1 aromatic carbocycles. The number of aliphatic hydroxyl groups excluding tert-OH is 1. The van der Waals surface area contributed by atoms with E-state index in [9.17, 15) is 9.90 Å². The fraction of sp³-hybridized carbons (Fsp3) is 0.611. The average molecular weight is 317 g/mol. The molecule has 0 bridgehead atoms. The Morgan fingerprint density at radius 1 is 1.22 bits per heavy atom. The van der Waals surface area contributed by atoms with Gasteiger partial charge in [0.1, 0.15) is 0 Å². The maximum atomic E-state index is 12.3. The second-order valence-electron chi connectivity index (χ2n) is 6.92. The molecule has 2 amide bonds. The third-order valence-electron chi connectivity index (χ3n) is 5.17. The number of aliphatic hydroxyl groups is 1. The van der Waals surface area contributed by atoms with E-state index in [1.807, 2.05) is 13.0 Å². The van der Waals surface area contributed by atoms with E-state index in [1.54, 1.807) is 0 Å². The SMILES string of the molecule is Cc1cc(N2CCCC2)ccc1NC(=O)NC1(CO)CCCC1. The van der Waals surface area contributed by atoms with Gasteiger partial charge in [-0.3, -0.25) is 0 Å². The molecule has 0 radical (unpaired) electrons. The number of nitrogens with one attached hydrogen (secondary N) is 2. The molecule has 126 valence electrons. The first-order valence-electron chi connectivity index (χ1n) is 8.68. The highest BCUT2D eigenvalue weighted by Crippen LogP contribution is 2.30. The molecule has 3 rings (SSSR count). The van der Waals surface area contributed by atoms with Crippen molar-refractivity contribution in [1.29, 1.82) is 0 Å². The van der Waals surface area contributed by atoms with Gasteiger partial charge in [-0.05, 0) is 56.4 Å². The molecule has 23 heavy (non-hydrogen) atoms. The Labute approximate surface area is 138 Å². The molecule has 0 unspecified atom stereocenters. The van der Waals surface area contributed by atoms with Crippen molar-refractivity contribution in [3.63, 3.8) is 0 Å². The number of amides is 2. The van der Waals surface area contributed by atoms with Crippen molar-refractivity contribution in [2.45, 2.75) is 51.0 Å². The van der Waals surface area contributed by atoms with Crippen LogP contribution < -0.4 is 15.5 Å². The molecule has 3 N–H and O–H groups in total. The van der Waals surface area contributed by atoms with Gasteiger partial charge < -0.3 is 20.6 Å². The third-order valence-corrected chi connectivity index (χ3v) is 5.17. The van der Waals surface area contributed by atoms with Gasteiger partial charge in [0.05, 0.1) is 12.1 Å². The van der Waals surface area contributed by atoms with Crippen LogP contribution in [0.25, 0.3) is 0 Å². The number of benzene rings is 1. The highest BCUT2D eigenvalue weighted by Gasteiger charge is 2.34. The van der Waals surface area contributed by atoms with Crippen LogP contribution in [0.15, 0.2) is 18.2 Å². The normalized spacial score (nSPS) is 19.8. The monoisotopic (exact) mass is 317 g/mol. The Kier molecular flexibility index (Phi) is 4.76. The van der Waals surface area contributed by atoms with Gasteiger partial charge in [0.25, 0.3) is 0 Å². The Morgan fingerprint density at radius 2 is 1.91 bits per heavy atom. The van der Waals surface area contributed by atoms with Crippen molar-refractivity contribution in [3.8, 4) is 0 Å². The molecule has 2 aliphatic rings. The summed E-state index contributed by atoms with van der Waals surface area (Å²) in [5.74, 6) is 0. The predicted octanol–water partition coefficient (Wildman–Crippen LogP) is 3.02. The van der Waals surface area contributed by atoms with Crippen LogP contribution in [0.4, 0.5) is 16.2 Å². The number of carbonyl (C=O) groups excluding carboxylic acids is 1. The summed E-state index contributed by atoms with van der Waals surface area (Å²) in [6.45, 7) is 4.26. The zero-order valence-corrected chi connectivity index (χ0v) is 13.9. The summed E-state index contributed by atoms with van der Waals surface area (Å²) in [6.07, 6.45) is 6.33. The van der Waals surface area contributed by atoms with Crippen LogP contribution in [0.3, 0.4) is 0 Å². The molecule has 1 aliphatic heterocycles. The minimum atomic E-state index is -0.437. The fourth-order valence-electron chi connectivity index (χ4n) is 3.73. The number of hydrogen-bond acceptors (Lipinski definition) is 3. The molecule has 1 aromatic rings. The minimum Gasteiger partial charge on any atom is -0.394 e. The highest BCUT2D eigenvalue weighted by molar-refractivity contribution is 5.91. The van der Waals surface area contributed by atoms with Gasteiger partial charge >= 0.3 is 6.03 Å². The van der Waals surface area contributed by atoms with E-state index in [4.69, 9.17) is 0 Å². The number of urea groups is 1. The van der Waals surface area contributed by atoms with Gasteiger partial charge in [-0.1, -0.05) is 12.8 Å². The maximum Gasteiger partial charge on any atom is 0.319 e. The minimum absolute atomic E-state index is 0.00724. The van der Waals surface area contributed by atoms with Gasteiger partial charge in [0, 0.05) is 24.5 Å². The van der Waals surface area contributed by atoms with Crippen LogP contribution in [0.5, 0.6) is 0 Å². The molecule has 1 aliphatic carbocycles. The third kappa shape index (κ3) is 3.61. The lowest BCUT2D eigenvalue weighted by atomic mass is 9.99. The van der Waals surface area contributed by atoms with Crippen molar-refractivity contribution in [3.05, 3.63) is 23.8 Å². The molecule has 5 nitrogen and oxygen atoms in total. The average Bonchev–Trinajstić information content (AvgIpc) is 3.21. The van der Waals surface area contributed by atoms with E-state index in [0.717, 1.165) is 50.0 Å². The molecule has 0 aromatic heterocycles. The second kappa shape index (κ2) is 6.79. The largest absolute Gasteiger partial charge is 0.394 e. The van der Waals surface area contributed by atoms with Crippen LogP contribution >= 0.6 is 0 Å². The summed E-state index contributed by atoms with van der Waals surface area (Å²) >= 11 is 0. The zero-order chi connectivity index (χ0) is 16.3. The van der Waals surface area contributed by atoms with Gasteiger partial charge in [0.15, 0.2) is 0 Å². The first-order chi connectivity index (χ1) is 11.1. The number of hydrogen-bond donors (Lipinski definition) is 3. The highest BCUT2D eigenvalue weighted by atomic mass is 16.3. The lowest BCUT2D eigenvalue weighted by Crippen LogP contribution is -2.50. The summed E-state index contributed by atoms with van der Waals surface area (Å²) < 4.78 is 0. The number of carbonyl (C=O) groups is 1. The molecule has 1 saturated heterocycles. The van der Waals surface area contributed by atoms with Gasteiger partial charge in [0.2, 0.25) is 0 Å². The maximum absolute atomic E-state index is 12.3. The first kappa shape index (κ1) is 16.1. The summed E-state index contributed by atoms with van der Waals surface area (Å²) in [6, 6.07) is 5.96. The number of rotatable bonds is 4. The lowest BCUT2D eigenvalue weighted by Gasteiger charge is -2.28. The van der Waals surface area contributed by atoms with Crippen LogP contribution in [-0.4, -0.2) is 36.4 Å². The quantitative estimate of drug-likeness (QED) is 0.800. The Bertz CT molecular complexity index is 561. The number of nitrogens with zero attached hydrogens (tertiary/aromatic N) is 1. The molecule has 1 heterocycles. The topological polar surface area (TPSA) is 64.6 Å². The molecular formula is C18H27N3O2. The van der Waals surface area contributed by atoms with E-state index >= 15 is 0 Å². The second-order valence-corrected chi connectivity index (χ2v) is 6.92. The van der Waals surface area contributed by atoms with E-state index in [2.05, 4.69) is 27.7 Å². The predicted molar refractivity (Wildman–Crippen MR) is 93.1 cm³/mol. The molecule has 5 heteroatoms. The number of anilines is 2. The summed E-state index contributed by atoms with van der Waals surface area (Å²) in [5, 5.41) is 15.5. The molecule has 2 fully saturated rings. The van der Waals surface area contributed by atoms with Crippen molar-refractivity contribution in [1.82, 2.24) is 5.32 Å². The van der Waals surface area contributed by atoms with Crippen molar-refractivity contribution >= 4 is 17.4 Å². The number of aryl methyl sites for hydroxylation is 1. The van der Waals surface area contributed by atoms with E-state index in [-0.39, 0.29) is 12.6 Å². The lowest BCUT2D eigenvalue weighted by molar-refractivity contribution is 0.167. The standard InChI is InChI=1S/C18H27N3O2/c1-14-12-15(21-10-4-5-11-21)6-7-16(14)19-17(23)20-18(13-22)8-2-3-9-18/h6-7,12,22H,2-5,8-11,13H2,1H3,(H2,19,20,23). The van der Waals surface area contributed by atoms with Crippen LogP contribution in [0, 0.1) is 6.92 Å². The van der Waals surface area contributed by atoms with E-state index in [0.29, 0.717) is 0 Å². The van der Waals surface area contributed by atoms with Gasteiger partial charge in [-0.2, -0.15) is 0 Å². The summed E-state index contributed by atoms with van der Waals surface area (Å²) in [4.78, 5) is 14.7. The smallest absolute Gasteiger partial charge is 0.319 e. The van der Waals surface area contributed by atoms with Crippen LogP contribution in [0.1, 0.15) is 44.1 Å². The van der Waals surface area contributed by atoms with Crippen molar-refractivity contribution in [2.75, 3.05) is 29.9 Å². The van der Waals surface area contributed by atoms with Crippen molar-refractivity contribution < 1.29 is 9.90 Å². The molecular weight excluding hydrogens is 290 g/mol. The van der Waals surface area contributed by atoms with E-state index in [1.165, 1.54) is 18.5 Å².